The Balaban J connectivity index is 1.55. The third-order valence-electron chi connectivity index (χ3n) is 5.50. The van der Waals surface area contributed by atoms with Gasteiger partial charge in [-0.1, -0.05) is 18.9 Å². The van der Waals surface area contributed by atoms with Gasteiger partial charge in [-0.05, 0) is 42.5 Å². The van der Waals surface area contributed by atoms with E-state index in [9.17, 15) is 10.1 Å². The molecule has 2 aliphatic carbocycles. The number of nitrogens with zero attached hydrogens (tertiary/aromatic N) is 1. The first-order chi connectivity index (χ1) is 10.2. The Bertz CT molecular complexity index is 655. The van der Waals surface area contributed by atoms with Crippen LogP contribution in [-0.2, 0) is 22.7 Å². The molecule has 1 spiro atoms. The van der Waals surface area contributed by atoms with Crippen LogP contribution in [0, 0.1) is 22.2 Å². The molecule has 1 N–H and O–H groups in total. The number of carbonyl (C=O) groups excluding carboxylic acids is 1. The zero-order valence-electron chi connectivity index (χ0n) is 11.9. The molecular formula is C17H18N2O2. The first-order valence-electron chi connectivity index (χ1n) is 7.61. The molecule has 1 atom stereocenters. The number of hydrogen-bond donors (Lipinski definition) is 1. The average Bonchev–Trinajstić information content (AvgIpc) is 2.85. The van der Waals surface area contributed by atoms with E-state index in [2.05, 4.69) is 11.4 Å². The van der Waals surface area contributed by atoms with Crippen LogP contribution in [0.1, 0.15) is 43.2 Å². The Labute approximate surface area is 124 Å². The SMILES string of the molecule is N#C[C@]1(C(=O)Nc2ccc3c(c2)COC3)CC12CCCC2. The second-order valence-electron chi connectivity index (χ2n) is 6.61. The van der Waals surface area contributed by atoms with Crippen LogP contribution < -0.4 is 5.32 Å². The van der Waals surface area contributed by atoms with Gasteiger partial charge in [0.25, 0.3) is 0 Å². The van der Waals surface area contributed by atoms with Crippen LogP contribution in [0.5, 0.6) is 0 Å². The quantitative estimate of drug-likeness (QED) is 0.906. The van der Waals surface area contributed by atoms with Crippen molar-refractivity contribution in [2.45, 2.75) is 45.3 Å². The van der Waals surface area contributed by atoms with Crippen molar-refractivity contribution in [3.63, 3.8) is 0 Å². The van der Waals surface area contributed by atoms with Crippen LogP contribution in [0.25, 0.3) is 0 Å². The van der Waals surface area contributed by atoms with E-state index in [1.54, 1.807) is 0 Å². The van der Waals surface area contributed by atoms with Crippen molar-refractivity contribution in [1.82, 2.24) is 0 Å². The predicted molar refractivity (Wildman–Crippen MR) is 77.1 cm³/mol. The molecule has 21 heavy (non-hydrogen) atoms. The van der Waals surface area contributed by atoms with Crippen molar-refractivity contribution in [2.24, 2.45) is 10.8 Å². The molecule has 2 saturated carbocycles. The molecule has 1 amide bonds. The number of amides is 1. The average molecular weight is 282 g/mol. The standard InChI is InChI=1S/C17H18N2O2/c18-11-17(10-16(17)5-1-2-6-16)15(20)19-14-4-3-12-8-21-9-13(12)7-14/h3-4,7H,1-2,5-6,8-10H2,(H,19,20)/t17-/m0/s1. The Morgan fingerprint density at radius 1 is 1.24 bits per heavy atom. The van der Waals surface area contributed by atoms with Crippen molar-refractivity contribution < 1.29 is 9.53 Å². The summed E-state index contributed by atoms with van der Waals surface area (Å²) in [7, 11) is 0. The highest BCUT2D eigenvalue weighted by molar-refractivity contribution is 6.00. The van der Waals surface area contributed by atoms with E-state index in [0.717, 1.165) is 43.4 Å². The van der Waals surface area contributed by atoms with E-state index in [1.165, 1.54) is 5.56 Å². The summed E-state index contributed by atoms with van der Waals surface area (Å²) in [6, 6.07) is 8.19. The van der Waals surface area contributed by atoms with E-state index in [4.69, 9.17) is 4.74 Å². The highest BCUT2D eigenvalue weighted by atomic mass is 16.5. The van der Waals surface area contributed by atoms with E-state index in [-0.39, 0.29) is 11.3 Å². The third-order valence-corrected chi connectivity index (χ3v) is 5.50. The van der Waals surface area contributed by atoms with E-state index >= 15 is 0 Å². The van der Waals surface area contributed by atoms with Gasteiger partial charge in [0.05, 0.1) is 19.3 Å². The smallest absolute Gasteiger partial charge is 0.245 e. The van der Waals surface area contributed by atoms with E-state index < -0.39 is 5.41 Å². The van der Waals surface area contributed by atoms with Crippen molar-refractivity contribution >= 4 is 11.6 Å². The van der Waals surface area contributed by atoms with Gasteiger partial charge in [0.15, 0.2) is 0 Å². The molecule has 1 heterocycles. The Hall–Kier alpha value is -1.86. The van der Waals surface area contributed by atoms with E-state index in [0.29, 0.717) is 13.2 Å². The first-order valence-corrected chi connectivity index (χ1v) is 7.61. The molecule has 4 rings (SSSR count). The van der Waals surface area contributed by atoms with E-state index in [1.807, 2.05) is 18.2 Å². The van der Waals surface area contributed by atoms with Crippen molar-refractivity contribution in [3.8, 4) is 6.07 Å². The predicted octanol–water partition coefficient (Wildman–Crippen LogP) is 3.13. The molecule has 0 saturated heterocycles. The first kappa shape index (κ1) is 12.8. The van der Waals surface area contributed by atoms with Crippen molar-refractivity contribution in [2.75, 3.05) is 5.32 Å². The molecule has 108 valence electrons. The number of anilines is 1. The number of ether oxygens (including phenoxy) is 1. The van der Waals surface area contributed by atoms with Gasteiger partial charge in [-0.25, -0.2) is 0 Å². The van der Waals surface area contributed by atoms with Gasteiger partial charge in [0.1, 0.15) is 5.41 Å². The van der Waals surface area contributed by atoms with Crippen LogP contribution in [0.4, 0.5) is 5.69 Å². The summed E-state index contributed by atoms with van der Waals surface area (Å²) >= 11 is 0. The van der Waals surface area contributed by atoms with Crippen molar-refractivity contribution in [1.29, 1.82) is 5.26 Å². The molecule has 1 aliphatic heterocycles. The fraction of sp³-hybridized carbons (Fsp3) is 0.529. The lowest BCUT2D eigenvalue weighted by molar-refractivity contribution is -0.120. The summed E-state index contributed by atoms with van der Waals surface area (Å²) in [6.07, 6.45) is 5.06. The van der Waals surface area contributed by atoms with Crippen LogP contribution in [0.15, 0.2) is 18.2 Å². The Kier molecular flexibility index (Phi) is 2.64. The van der Waals surface area contributed by atoms with Crippen LogP contribution >= 0.6 is 0 Å². The summed E-state index contributed by atoms with van der Waals surface area (Å²) in [5, 5.41) is 12.5. The fourth-order valence-electron chi connectivity index (χ4n) is 4.14. The lowest BCUT2D eigenvalue weighted by atomic mass is 9.91. The minimum absolute atomic E-state index is 0.0360. The van der Waals surface area contributed by atoms with Gasteiger partial charge >= 0.3 is 0 Å². The lowest BCUT2D eigenvalue weighted by Crippen LogP contribution is -2.28. The topological polar surface area (TPSA) is 62.1 Å². The van der Waals surface area contributed by atoms with Gasteiger partial charge in [-0.15, -0.1) is 0 Å². The van der Waals surface area contributed by atoms with Gasteiger partial charge < -0.3 is 10.1 Å². The summed E-state index contributed by atoms with van der Waals surface area (Å²) in [4.78, 5) is 12.6. The number of fused-ring (bicyclic) bond motifs is 1. The number of rotatable bonds is 2. The lowest BCUT2D eigenvalue weighted by Gasteiger charge is -2.15. The summed E-state index contributed by atoms with van der Waals surface area (Å²) < 4.78 is 5.39. The number of benzene rings is 1. The maximum Gasteiger partial charge on any atom is 0.245 e. The molecule has 1 aromatic carbocycles. The zero-order chi connectivity index (χ0) is 14.5. The van der Waals surface area contributed by atoms with Gasteiger partial charge in [0.2, 0.25) is 5.91 Å². The zero-order valence-corrected chi connectivity index (χ0v) is 11.9. The number of carbonyl (C=O) groups is 1. The summed E-state index contributed by atoms with van der Waals surface area (Å²) in [6.45, 7) is 1.25. The molecule has 4 nitrogen and oxygen atoms in total. The second kappa shape index (κ2) is 4.32. The molecule has 2 fully saturated rings. The molecule has 1 aromatic rings. The van der Waals surface area contributed by atoms with Crippen molar-refractivity contribution in [3.05, 3.63) is 29.3 Å². The van der Waals surface area contributed by atoms with Crippen LogP contribution in [0.2, 0.25) is 0 Å². The maximum absolute atomic E-state index is 12.6. The Morgan fingerprint density at radius 3 is 2.76 bits per heavy atom. The van der Waals surface area contributed by atoms with Crippen LogP contribution in [-0.4, -0.2) is 5.91 Å². The van der Waals surface area contributed by atoms with Gasteiger partial charge in [-0.2, -0.15) is 5.26 Å². The number of hydrogen-bond acceptors (Lipinski definition) is 3. The maximum atomic E-state index is 12.6. The third kappa shape index (κ3) is 1.74. The monoisotopic (exact) mass is 282 g/mol. The highest BCUT2D eigenvalue weighted by Crippen LogP contribution is 2.71. The molecule has 3 aliphatic rings. The molecule has 4 heteroatoms. The minimum Gasteiger partial charge on any atom is -0.372 e. The van der Waals surface area contributed by atoms with Gasteiger partial charge in [-0.3, -0.25) is 4.79 Å². The second-order valence-corrected chi connectivity index (χ2v) is 6.61. The summed E-state index contributed by atoms with van der Waals surface area (Å²) in [5.41, 5.74) is 2.26. The molecule has 0 radical (unpaired) electrons. The molecule has 0 bridgehead atoms. The molecule has 0 aromatic heterocycles. The van der Waals surface area contributed by atoms with Gasteiger partial charge in [0, 0.05) is 11.1 Å². The largest absolute Gasteiger partial charge is 0.372 e. The normalized spacial score (nSPS) is 28.1. The Morgan fingerprint density at radius 2 is 2.00 bits per heavy atom. The highest BCUT2D eigenvalue weighted by Gasteiger charge is 2.72. The summed E-state index contributed by atoms with van der Waals surface area (Å²) in [5.74, 6) is -0.120. The molecular weight excluding hydrogens is 264 g/mol. The minimum atomic E-state index is -0.793. The van der Waals surface area contributed by atoms with Crippen LogP contribution in [0.3, 0.4) is 0 Å². The fourth-order valence-corrected chi connectivity index (χ4v) is 4.14. The molecule has 0 unspecified atom stereocenters. The number of nitrogens with one attached hydrogen (secondary N) is 1. The number of nitriles is 1.